The van der Waals surface area contributed by atoms with Crippen LogP contribution in [0.15, 0.2) is 12.2 Å². The van der Waals surface area contributed by atoms with Crippen molar-refractivity contribution >= 4 is 0 Å². The molecule has 1 heterocycles. The number of rotatable bonds is 0. The molecule has 2 heteroatoms. The number of ether oxygens (including phenoxy) is 1. The van der Waals surface area contributed by atoms with Crippen LogP contribution in [0.2, 0.25) is 0 Å². The molecule has 0 aromatic heterocycles. The van der Waals surface area contributed by atoms with E-state index in [-0.39, 0.29) is 0 Å². The Kier molecular flexibility index (Phi) is 1.96. The molecule has 62 valence electrons. The maximum absolute atomic E-state index is 5.66. The lowest BCUT2D eigenvalue weighted by Crippen LogP contribution is -2.49. The average Bonchev–Trinajstić information content (AvgIpc) is 2.06. The number of morpholine rings is 1. The minimum absolute atomic E-state index is 0.471. The van der Waals surface area contributed by atoms with Gasteiger partial charge in [-0.25, -0.2) is 0 Å². The van der Waals surface area contributed by atoms with Crippen molar-refractivity contribution in [3.63, 3.8) is 0 Å². The Labute approximate surface area is 67.8 Å². The van der Waals surface area contributed by atoms with Gasteiger partial charge in [0, 0.05) is 12.6 Å². The minimum Gasteiger partial charge on any atom is -0.375 e. The van der Waals surface area contributed by atoms with E-state index in [9.17, 15) is 0 Å². The van der Waals surface area contributed by atoms with E-state index in [1.807, 2.05) is 0 Å². The van der Waals surface area contributed by atoms with E-state index in [2.05, 4.69) is 24.1 Å². The number of hydrogen-bond acceptors (Lipinski definition) is 2. The van der Waals surface area contributed by atoms with Crippen LogP contribution < -0.4 is 0 Å². The number of nitrogens with zero attached hydrogens (tertiary/aromatic N) is 1. The van der Waals surface area contributed by atoms with Crippen molar-refractivity contribution in [2.45, 2.75) is 25.0 Å². The molecule has 2 atom stereocenters. The van der Waals surface area contributed by atoms with Gasteiger partial charge in [-0.05, 0) is 19.9 Å². The van der Waals surface area contributed by atoms with E-state index in [4.69, 9.17) is 4.74 Å². The molecule has 0 saturated carbocycles. The highest BCUT2D eigenvalue weighted by Gasteiger charge is 2.29. The lowest BCUT2D eigenvalue weighted by atomic mass is 9.96. The highest BCUT2D eigenvalue weighted by atomic mass is 16.5. The van der Waals surface area contributed by atoms with E-state index in [0.29, 0.717) is 12.1 Å². The topological polar surface area (TPSA) is 12.5 Å². The van der Waals surface area contributed by atoms with E-state index in [1.54, 1.807) is 0 Å². The first-order valence-corrected chi connectivity index (χ1v) is 4.35. The second-order valence-corrected chi connectivity index (χ2v) is 3.40. The predicted molar refractivity (Wildman–Crippen MR) is 44.5 cm³/mol. The van der Waals surface area contributed by atoms with Crippen molar-refractivity contribution < 1.29 is 4.74 Å². The summed E-state index contributed by atoms with van der Waals surface area (Å²) in [6, 6.07) is 0.647. The first-order chi connectivity index (χ1) is 5.38. The summed E-state index contributed by atoms with van der Waals surface area (Å²) >= 11 is 0. The van der Waals surface area contributed by atoms with Crippen molar-refractivity contribution in [1.82, 2.24) is 4.90 Å². The van der Waals surface area contributed by atoms with Crippen LogP contribution >= 0.6 is 0 Å². The van der Waals surface area contributed by atoms with Gasteiger partial charge >= 0.3 is 0 Å². The first kappa shape index (κ1) is 7.32. The lowest BCUT2D eigenvalue weighted by molar-refractivity contribution is -0.0610. The van der Waals surface area contributed by atoms with Crippen LogP contribution in [-0.4, -0.2) is 37.2 Å². The van der Waals surface area contributed by atoms with Gasteiger partial charge < -0.3 is 4.74 Å². The third kappa shape index (κ3) is 1.33. The van der Waals surface area contributed by atoms with Crippen LogP contribution in [0.4, 0.5) is 0 Å². The Morgan fingerprint density at radius 2 is 2.18 bits per heavy atom. The normalized spacial score (nSPS) is 38.6. The van der Waals surface area contributed by atoms with E-state index in [0.717, 1.165) is 19.6 Å². The fourth-order valence-electron chi connectivity index (χ4n) is 1.93. The maximum atomic E-state index is 5.66. The van der Waals surface area contributed by atoms with Crippen LogP contribution in [-0.2, 0) is 4.74 Å². The molecular formula is C9H15NO. The molecule has 0 spiro atoms. The molecule has 1 saturated heterocycles. The van der Waals surface area contributed by atoms with Crippen LogP contribution in [0, 0.1) is 0 Å². The molecular weight excluding hydrogens is 138 g/mol. The number of likely N-dealkylation sites (N-methyl/N-ethyl adjacent to an activating group) is 1. The van der Waals surface area contributed by atoms with Crippen LogP contribution in [0.25, 0.3) is 0 Å². The average molecular weight is 153 g/mol. The number of fused-ring (bicyclic) bond motifs is 1. The largest absolute Gasteiger partial charge is 0.375 e. The SMILES string of the molecule is CN1CCOC2CC=CCC21. The molecule has 1 aliphatic carbocycles. The minimum atomic E-state index is 0.471. The summed E-state index contributed by atoms with van der Waals surface area (Å²) in [6.45, 7) is 2.00. The highest BCUT2D eigenvalue weighted by Crippen LogP contribution is 2.22. The summed E-state index contributed by atoms with van der Waals surface area (Å²) in [5.74, 6) is 0. The third-order valence-electron chi connectivity index (χ3n) is 2.68. The van der Waals surface area contributed by atoms with Gasteiger partial charge in [0.05, 0.1) is 12.7 Å². The summed E-state index contributed by atoms with van der Waals surface area (Å²) in [5.41, 5.74) is 0. The summed E-state index contributed by atoms with van der Waals surface area (Å²) < 4.78 is 5.66. The zero-order chi connectivity index (χ0) is 7.68. The number of hydrogen-bond donors (Lipinski definition) is 0. The van der Waals surface area contributed by atoms with Crippen molar-refractivity contribution in [3.05, 3.63) is 12.2 Å². The lowest BCUT2D eigenvalue weighted by Gasteiger charge is -2.40. The van der Waals surface area contributed by atoms with Crippen LogP contribution in [0.1, 0.15) is 12.8 Å². The van der Waals surface area contributed by atoms with Gasteiger partial charge in [-0.3, -0.25) is 4.90 Å². The third-order valence-corrected chi connectivity index (χ3v) is 2.68. The first-order valence-electron chi connectivity index (χ1n) is 4.35. The summed E-state index contributed by atoms with van der Waals surface area (Å²) in [6.07, 6.45) is 7.25. The fraction of sp³-hybridized carbons (Fsp3) is 0.778. The molecule has 11 heavy (non-hydrogen) atoms. The van der Waals surface area contributed by atoms with Gasteiger partial charge in [-0.15, -0.1) is 0 Å². The predicted octanol–water partition coefficient (Wildman–Crippen LogP) is 1.04. The van der Waals surface area contributed by atoms with Gasteiger partial charge in [0.25, 0.3) is 0 Å². The molecule has 2 rings (SSSR count). The Morgan fingerprint density at radius 3 is 3.00 bits per heavy atom. The van der Waals surface area contributed by atoms with E-state index < -0.39 is 0 Å². The van der Waals surface area contributed by atoms with Gasteiger partial charge in [0.1, 0.15) is 0 Å². The van der Waals surface area contributed by atoms with Gasteiger partial charge in [-0.2, -0.15) is 0 Å². The van der Waals surface area contributed by atoms with Crippen molar-refractivity contribution in [2.75, 3.05) is 20.2 Å². The highest BCUT2D eigenvalue weighted by molar-refractivity contribution is 5.00. The molecule has 2 nitrogen and oxygen atoms in total. The van der Waals surface area contributed by atoms with E-state index in [1.165, 1.54) is 6.42 Å². The zero-order valence-corrected chi connectivity index (χ0v) is 6.99. The van der Waals surface area contributed by atoms with Gasteiger partial charge in [-0.1, -0.05) is 12.2 Å². The van der Waals surface area contributed by atoms with Gasteiger partial charge in [0.2, 0.25) is 0 Å². The van der Waals surface area contributed by atoms with Crippen LogP contribution in [0.3, 0.4) is 0 Å². The van der Waals surface area contributed by atoms with Crippen molar-refractivity contribution in [3.8, 4) is 0 Å². The molecule has 0 radical (unpaired) electrons. The van der Waals surface area contributed by atoms with Crippen molar-refractivity contribution in [2.24, 2.45) is 0 Å². The Morgan fingerprint density at radius 1 is 1.36 bits per heavy atom. The molecule has 0 amide bonds. The summed E-state index contributed by atoms with van der Waals surface area (Å²) in [7, 11) is 2.19. The standard InChI is InChI=1S/C9H15NO/c1-10-6-7-11-9-5-3-2-4-8(9)10/h2-3,8-9H,4-7H2,1H3. The maximum Gasteiger partial charge on any atom is 0.0768 e. The van der Waals surface area contributed by atoms with Gasteiger partial charge in [0.15, 0.2) is 0 Å². The summed E-state index contributed by atoms with van der Waals surface area (Å²) in [5, 5.41) is 0. The monoisotopic (exact) mass is 153 g/mol. The molecule has 0 bridgehead atoms. The molecule has 2 unspecified atom stereocenters. The molecule has 0 aromatic rings. The van der Waals surface area contributed by atoms with Crippen molar-refractivity contribution in [1.29, 1.82) is 0 Å². The molecule has 1 fully saturated rings. The Bertz CT molecular complexity index is 167. The Balaban J connectivity index is 2.07. The molecule has 0 aromatic carbocycles. The molecule has 0 N–H and O–H groups in total. The quantitative estimate of drug-likeness (QED) is 0.482. The zero-order valence-electron chi connectivity index (χ0n) is 6.99. The smallest absolute Gasteiger partial charge is 0.0768 e. The van der Waals surface area contributed by atoms with Crippen LogP contribution in [0.5, 0.6) is 0 Å². The fourth-order valence-corrected chi connectivity index (χ4v) is 1.93. The molecule has 1 aliphatic heterocycles. The van der Waals surface area contributed by atoms with E-state index >= 15 is 0 Å². The second-order valence-electron chi connectivity index (χ2n) is 3.40. The summed E-state index contributed by atoms with van der Waals surface area (Å²) in [4.78, 5) is 2.41. The Hall–Kier alpha value is -0.340. The molecule has 2 aliphatic rings. The second kappa shape index (κ2) is 2.95.